The van der Waals surface area contributed by atoms with E-state index in [1.54, 1.807) is 24.3 Å². The maximum atomic E-state index is 12.0. The minimum Gasteiger partial charge on any atom is -0.370 e. The topological polar surface area (TPSA) is 103 Å². The Kier molecular flexibility index (Phi) is 6.08. The van der Waals surface area contributed by atoms with Gasteiger partial charge in [-0.15, -0.1) is 0 Å². The van der Waals surface area contributed by atoms with Gasteiger partial charge in [0.25, 0.3) is 5.91 Å². The van der Waals surface area contributed by atoms with E-state index in [4.69, 9.17) is 5.26 Å². The number of aromatic nitrogens is 2. The second-order valence-corrected chi connectivity index (χ2v) is 5.12. The van der Waals surface area contributed by atoms with E-state index in [0.717, 1.165) is 18.1 Å². The summed E-state index contributed by atoms with van der Waals surface area (Å²) < 4.78 is 0. The Balaban J connectivity index is 1.84. The Labute approximate surface area is 141 Å². The Morgan fingerprint density at radius 1 is 1.21 bits per heavy atom. The third-order valence-corrected chi connectivity index (χ3v) is 3.16. The number of carbonyl (C=O) groups is 1. The van der Waals surface area contributed by atoms with Crippen LogP contribution in [0.5, 0.6) is 0 Å². The van der Waals surface area contributed by atoms with Crippen LogP contribution in [0, 0.1) is 18.3 Å². The Bertz CT molecular complexity index is 753. The summed E-state index contributed by atoms with van der Waals surface area (Å²) >= 11 is 0. The second-order valence-electron chi connectivity index (χ2n) is 5.12. The van der Waals surface area contributed by atoms with Gasteiger partial charge in [-0.2, -0.15) is 10.2 Å². The van der Waals surface area contributed by atoms with Gasteiger partial charge in [0, 0.05) is 37.0 Å². The first-order valence-corrected chi connectivity index (χ1v) is 7.74. The smallest absolute Gasteiger partial charge is 0.251 e. The number of nitrogens with one attached hydrogen (secondary N) is 3. The Morgan fingerprint density at radius 2 is 2.04 bits per heavy atom. The highest BCUT2D eigenvalue weighted by Gasteiger charge is 2.06. The zero-order chi connectivity index (χ0) is 17.4. The fourth-order valence-corrected chi connectivity index (χ4v) is 2.10. The molecule has 0 spiro atoms. The fourth-order valence-electron chi connectivity index (χ4n) is 2.10. The van der Waals surface area contributed by atoms with Crippen molar-refractivity contribution in [1.29, 1.82) is 5.26 Å². The second kappa shape index (κ2) is 8.48. The van der Waals surface area contributed by atoms with E-state index in [0.29, 0.717) is 30.2 Å². The predicted molar refractivity (Wildman–Crippen MR) is 92.9 cm³/mol. The molecule has 0 atom stereocenters. The van der Waals surface area contributed by atoms with Gasteiger partial charge in [0.2, 0.25) is 5.95 Å². The molecule has 2 aromatic rings. The number of amides is 1. The van der Waals surface area contributed by atoms with Gasteiger partial charge in [-0.1, -0.05) is 6.07 Å². The molecule has 0 bridgehead atoms. The van der Waals surface area contributed by atoms with Crippen LogP contribution >= 0.6 is 0 Å². The average Bonchev–Trinajstić information content (AvgIpc) is 2.58. The number of hydrogen-bond donors (Lipinski definition) is 3. The zero-order valence-corrected chi connectivity index (χ0v) is 13.8. The van der Waals surface area contributed by atoms with Crippen LogP contribution in [-0.2, 0) is 0 Å². The van der Waals surface area contributed by atoms with Crippen molar-refractivity contribution in [3.05, 3.63) is 47.2 Å². The highest BCUT2D eigenvalue weighted by molar-refractivity contribution is 5.94. The maximum absolute atomic E-state index is 12.0. The summed E-state index contributed by atoms with van der Waals surface area (Å²) in [6.07, 6.45) is 0. The van der Waals surface area contributed by atoms with Crippen LogP contribution in [0.3, 0.4) is 0 Å². The van der Waals surface area contributed by atoms with Gasteiger partial charge in [0.1, 0.15) is 5.82 Å². The first-order chi connectivity index (χ1) is 11.6. The van der Waals surface area contributed by atoms with E-state index in [1.807, 2.05) is 26.0 Å². The molecule has 0 aliphatic heterocycles. The molecule has 7 heteroatoms. The molecule has 7 nitrogen and oxygen atoms in total. The summed E-state index contributed by atoms with van der Waals surface area (Å²) in [5.74, 6) is 1.07. The molecule has 1 heterocycles. The first kappa shape index (κ1) is 17.2. The summed E-state index contributed by atoms with van der Waals surface area (Å²) in [4.78, 5) is 20.7. The van der Waals surface area contributed by atoms with E-state index >= 15 is 0 Å². The Morgan fingerprint density at radius 3 is 2.79 bits per heavy atom. The SMILES string of the molecule is CCNc1cc(C)nc(NCCNC(=O)c2cccc(C#N)c2)n1. The number of hydrogen-bond acceptors (Lipinski definition) is 6. The molecule has 0 aliphatic carbocycles. The van der Waals surface area contributed by atoms with E-state index in [2.05, 4.69) is 25.9 Å². The van der Waals surface area contributed by atoms with Gasteiger partial charge in [-0.25, -0.2) is 4.98 Å². The predicted octanol–water partition coefficient (Wildman–Crippen LogP) is 1.93. The lowest BCUT2D eigenvalue weighted by Crippen LogP contribution is -2.29. The van der Waals surface area contributed by atoms with E-state index in [1.165, 1.54) is 0 Å². The van der Waals surface area contributed by atoms with E-state index in [-0.39, 0.29) is 5.91 Å². The highest BCUT2D eigenvalue weighted by atomic mass is 16.1. The van der Waals surface area contributed by atoms with E-state index < -0.39 is 0 Å². The number of rotatable bonds is 7. The van der Waals surface area contributed by atoms with Crippen LogP contribution in [0.15, 0.2) is 30.3 Å². The van der Waals surface area contributed by atoms with Gasteiger partial charge in [0.15, 0.2) is 0 Å². The standard InChI is InChI=1S/C17H20N6O/c1-3-19-15-9-12(2)22-17(23-15)21-8-7-20-16(24)14-6-4-5-13(10-14)11-18/h4-6,9-10H,3,7-8H2,1-2H3,(H,20,24)(H2,19,21,22,23). The lowest BCUT2D eigenvalue weighted by atomic mass is 10.1. The number of aryl methyl sites for hydroxylation is 1. The van der Waals surface area contributed by atoms with Crippen molar-refractivity contribution in [2.45, 2.75) is 13.8 Å². The lowest BCUT2D eigenvalue weighted by Gasteiger charge is -2.09. The van der Waals surface area contributed by atoms with Crippen molar-refractivity contribution >= 4 is 17.7 Å². The van der Waals surface area contributed by atoms with Crippen molar-refractivity contribution in [3.63, 3.8) is 0 Å². The molecule has 124 valence electrons. The number of benzene rings is 1. The largest absolute Gasteiger partial charge is 0.370 e. The van der Waals surface area contributed by atoms with Gasteiger partial charge < -0.3 is 16.0 Å². The van der Waals surface area contributed by atoms with Crippen LogP contribution < -0.4 is 16.0 Å². The van der Waals surface area contributed by atoms with Gasteiger partial charge >= 0.3 is 0 Å². The molecule has 0 saturated heterocycles. The van der Waals surface area contributed by atoms with Crippen LogP contribution in [0.2, 0.25) is 0 Å². The van der Waals surface area contributed by atoms with Crippen molar-refractivity contribution in [2.24, 2.45) is 0 Å². The maximum Gasteiger partial charge on any atom is 0.251 e. The molecule has 1 amide bonds. The molecule has 3 N–H and O–H groups in total. The van der Waals surface area contributed by atoms with Crippen LogP contribution in [0.25, 0.3) is 0 Å². The zero-order valence-electron chi connectivity index (χ0n) is 13.8. The molecule has 0 radical (unpaired) electrons. The minimum atomic E-state index is -0.215. The molecule has 0 unspecified atom stereocenters. The first-order valence-electron chi connectivity index (χ1n) is 7.74. The Hall–Kier alpha value is -3.14. The van der Waals surface area contributed by atoms with Crippen LogP contribution in [0.1, 0.15) is 28.5 Å². The van der Waals surface area contributed by atoms with Gasteiger partial charge in [-0.3, -0.25) is 4.79 Å². The monoisotopic (exact) mass is 324 g/mol. The third-order valence-electron chi connectivity index (χ3n) is 3.16. The summed E-state index contributed by atoms with van der Waals surface area (Å²) in [6.45, 7) is 5.61. The van der Waals surface area contributed by atoms with Crippen LogP contribution in [-0.4, -0.2) is 35.5 Å². The van der Waals surface area contributed by atoms with Gasteiger partial charge in [0.05, 0.1) is 11.6 Å². The molecule has 24 heavy (non-hydrogen) atoms. The number of carbonyl (C=O) groups excluding carboxylic acids is 1. The van der Waals surface area contributed by atoms with Crippen molar-refractivity contribution < 1.29 is 4.79 Å². The summed E-state index contributed by atoms with van der Waals surface area (Å²) in [5.41, 5.74) is 1.79. The number of nitrogens with zero attached hydrogens (tertiary/aromatic N) is 3. The average molecular weight is 324 g/mol. The third kappa shape index (κ3) is 4.95. The van der Waals surface area contributed by atoms with Crippen molar-refractivity contribution in [3.8, 4) is 6.07 Å². The molecule has 0 saturated carbocycles. The number of nitriles is 1. The quantitative estimate of drug-likeness (QED) is 0.673. The van der Waals surface area contributed by atoms with E-state index in [9.17, 15) is 4.79 Å². The van der Waals surface area contributed by atoms with Crippen molar-refractivity contribution in [1.82, 2.24) is 15.3 Å². The normalized spacial score (nSPS) is 9.88. The number of anilines is 2. The molecule has 1 aromatic heterocycles. The fraction of sp³-hybridized carbons (Fsp3) is 0.294. The molecular formula is C17H20N6O. The summed E-state index contributed by atoms with van der Waals surface area (Å²) in [5, 5.41) is 17.9. The van der Waals surface area contributed by atoms with Gasteiger partial charge in [-0.05, 0) is 32.0 Å². The van der Waals surface area contributed by atoms with Crippen LogP contribution in [0.4, 0.5) is 11.8 Å². The summed E-state index contributed by atoms with van der Waals surface area (Å²) in [7, 11) is 0. The molecular weight excluding hydrogens is 304 g/mol. The molecule has 1 aromatic carbocycles. The lowest BCUT2D eigenvalue weighted by molar-refractivity contribution is 0.0955. The highest BCUT2D eigenvalue weighted by Crippen LogP contribution is 2.09. The molecule has 0 aliphatic rings. The molecule has 0 fully saturated rings. The minimum absolute atomic E-state index is 0.215. The van der Waals surface area contributed by atoms with Crippen molar-refractivity contribution in [2.75, 3.05) is 30.3 Å². The molecule has 2 rings (SSSR count). The summed E-state index contributed by atoms with van der Waals surface area (Å²) in [6, 6.07) is 10.5.